The summed E-state index contributed by atoms with van der Waals surface area (Å²) in [4.78, 5) is 5.88. The van der Waals surface area contributed by atoms with Crippen molar-refractivity contribution in [1.29, 1.82) is 0 Å². The van der Waals surface area contributed by atoms with Crippen LogP contribution in [0.4, 0.5) is 17.6 Å². The quantitative estimate of drug-likeness (QED) is 0.458. The van der Waals surface area contributed by atoms with E-state index in [2.05, 4.69) is 15.6 Å². The lowest BCUT2D eigenvalue weighted by Gasteiger charge is -2.19. The van der Waals surface area contributed by atoms with E-state index >= 15 is 0 Å². The average Bonchev–Trinajstić information content (AvgIpc) is 3.16. The molecule has 2 aromatic rings. The van der Waals surface area contributed by atoms with Gasteiger partial charge in [0.15, 0.2) is 5.96 Å². The molecule has 1 aliphatic rings. The summed E-state index contributed by atoms with van der Waals surface area (Å²) in [7, 11) is 0. The summed E-state index contributed by atoms with van der Waals surface area (Å²) in [5, 5.41) is 7.01. The maximum Gasteiger partial charge on any atom is 0.401 e. The highest BCUT2D eigenvalue weighted by atomic mass is 19.4. The normalized spacial score (nSPS) is 18.8. The van der Waals surface area contributed by atoms with Gasteiger partial charge in [0, 0.05) is 36.6 Å². The first-order valence-electron chi connectivity index (χ1n) is 9.26. The number of hydrogen-bond acceptors (Lipinski definition) is 3. The van der Waals surface area contributed by atoms with Crippen molar-refractivity contribution in [2.45, 2.75) is 39.0 Å². The largest absolute Gasteiger partial charge is 0.459 e. The zero-order valence-corrected chi connectivity index (χ0v) is 15.9. The standard InChI is InChI=1S/C19H24F4N4O/c1-3-24-18(26-14-6-7-27(10-14)11-19(21,22)23)25-9-17-12(2)15-8-13(20)4-5-16(15)28-17/h4-5,8,14H,3,6-7,9-11H2,1-2H3,(H2,24,25,26). The molecule has 1 aromatic heterocycles. The molecule has 0 spiro atoms. The molecular formula is C19H24F4N4O. The molecule has 1 aliphatic heterocycles. The minimum absolute atomic E-state index is 0.106. The molecule has 0 aliphatic carbocycles. The summed E-state index contributed by atoms with van der Waals surface area (Å²) in [6, 6.07) is 4.25. The lowest BCUT2D eigenvalue weighted by Crippen LogP contribution is -2.45. The highest BCUT2D eigenvalue weighted by molar-refractivity contribution is 5.82. The molecule has 1 saturated heterocycles. The Morgan fingerprint density at radius 2 is 2.14 bits per heavy atom. The maximum atomic E-state index is 13.4. The van der Waals surface area contributed by atoms with E-state index in [9.17, 15) is 17.6 Å². The third kappa shape index (κ3) is 5.15. The number of hydrogen-bond donors (Lipinski definition) is 2. The SMILES string of the molecule is CCNC(=NCc1oc2ccc(F)cc2c1C)NC1CCN(CC(F)(F)F)C1. The first-order valence-corrected chi connectivity index (χ1v) is 9.26. The maximum absolute atomic E-state index is 13.4. The fraction of sp³-hybridized carbons (Fsp3) is 0.526. The Morgan fingerprint density at radius 3 is 2.86 bits per heavy atom. The second kappa shape index (κ2) is 8.38. The number of rotatable bonds is 5. The van der Waals surface area contributed by atoms with Crippen LogP contribution in [0.25, 0.3) is 11.0 Å². The van der Waals surface area contributed by atoms with E-state index in [4.69, 9.17) is 4.42 Å². The van der Waals surface area contributed by atoms with Gasteiger partial charge < -0.3 is 15.1 Å². The highest BCUT2D eigenvalue weighted by Gasteiger charge is 2.34. The zero-order chi connectivity index (χ0) is 20.3. The molecule has 1 aromatic carbocycles. The van der Waals surface area contributed by atoms with Crippen molar-refractivity contribution < 1.29 is 22.0 Å². The van der Waals surface area contributed by atoms with Crippen molar-refractivity contribution in [3.63, 3.8) is 0 Å². The first kappa shape index (κ1) is 20.4. The number of alkyl halides is 3. The summed E-state index contributed by atoms with van der Waals surface area (Å²) >= 11 is 0. The van der Waals surface area contributed by atoms with Crippen LogP contribution in [0, 0.1) is 12.7 Å². The molecule has 0 amide bonds. The molecule has 1 fully saturated rings. The molecule has 2 heterocycles. The Kier molecular flexibility index (Phi) is 6.12. The summed E-state index contributed by atoms with van der Waals surface area (Å²) < 4.78 is 56.8. The van der Waals surface area contributed by atoms with Crippen LogP contribution >= 0.6 is 0 Å². The van der Waals surface area contributed by atoms with Gasteiger partial charge in [0.2, 0.25) is 0 Å². The van der Waals surface area contributed by atoms with Crippen molar-refractivity contribution in [1.82, 2.24) is 15.5 Å². The second-order valence-corrected chi connectivity index (χ2v) is 6.97. The zero-order valence-electron chi connectivity index (χ0n) is 15.9. The van der Waals surface area contributed by atoms with Gasteiger partial charge in [-0.05, 0) is 38.5 Å². The van der Waals surface area contributed by atoms with Crippen LogP contribution < -0.4 is 10.6 Å². The van der Waals surface area contributed by atoms with E-state index in [1.807, 2.05) is 13.8 Å². The highest BCUT2D eigenvalue weighted by Crippen LogP contribution is 2.26. The third-order valence-corrected chi connectivity index (χ3v) is 4.74. The Hall–Kier alpha value is -2.29. The molecule has 0 radical (unpaired) electrons. The van der Waals surface area contributed by atoms with Gasteiger partial charge in [-0.25, -0.2) is 9.38 Å². The first-order chi connectivity index (χ1) is 13.2. The van der Waals surface area contributed by atoms with Crippen molar-refractivity contribution >= 4 is 16.9 Å². The van der Waals surface area contributed by atoms with Gasteiger partial charge >= 0.3 is 6.18 Å². The van der Waals surface area contributed by atoms with Crippen LogP contribution in [0.15, 0.2) is 27.6 Å². The van der Waals surface area contributed by atoms with Crippen molar-refractivity contribution in [2.24, 2.45) is 4.99 Å². The van der Waals surface area contributed by atoms with Gasteiger partial charge in [-0.1, -0.05) is 0 Å². The van der Waals surface area contributed by atoms with Crippen molar-refractivity contribution in [3.8, 4) is 0 Å². The molecule has 154 valence electrons. The minimum Gasteiger partial charge on any atom is -0.459 e. The molecule has 0 saturated carbocycles. The molecular weight excluding hydrogens is 376 g/mol. The van der Waals surface area contributed by atoms with Gasteiger partial charge in [0.25, 0.3) is 0 Å². The van der Waals surface area contributed by atoms with E-state index < -0.39 is 12.7 Å². The topological polar surface area (TPSA) is 52.8 Å². The molecule has 0 bridgehead atoms. The number of guanidine groups is 1. The predicted octanol–water partition coefficient (Wildman–Crippen LogP) is 3.57. The molecule has 1 unspecified atom stereocenters. The number of nitrogens with zero attached hydrogens (tertiary/aromatic N) is 2. The summed E-state index contributed by atoms with van der Waals surface area (Å²) in [5.74, 6) is 0.821. The van der Waals surface area contributed by atoms with Gasteiger partial charge in [-0.2, -0.15) is 13.2 Å². The number of aliphatic imine (C=N–C) groups is 1. The summed E-state index contributed by atoms with van der Waals surface area (Å²) in [5.41, 5.74) is 1.42. The molecule has 28 heavy (non-hydrogen) atoms. The van der Waals surface area contributed by atoms with Gasteiger partial charge in [0.1, 0.15) is 23.7 Å². The molecule has 5 nitrogen and oxygen atoms in total. The van der Waals surface area contributed by atoms with Crippen LogP contribution in [0.5, 0.6) is 0 Å². The Balaban J connectivity index is 1.66. The van der Waals surface area contributed by atoms with Crippen LogP contribution in [-0.4, -0.2) is 49.3 Å². The number of furan rings is 1. The molecule has 9 heteroatoms. The van der Waals surface area contributed by atoms with Crippen LogP contribution in [0.2, 0.25) is 0 Å². The minimum atomic E-state index is -4.19. The van der Waals surface area contributed by atoms with Crippen molar-refractivity contribution in [2.75, 3.05) is 26.2 Å². The van der Waals surface area contributed by atoms with E-state index in [1.54, 1.807) is 6.07 Å². The smallest absolute Gasteiger partial charge is 0.401 e. The predicted molar refractivity (Wildman–Crippen MR) is 99.8 cm³/mol. The van der Waals surface area contributed by atoms with Gasteiger partial charge in [-0.15, -0.1) is 0 Å². The number of halogens is 4. The number of aryl methyl sites for hydroxylation is 1. The van der Waals surface area contributed by atoms with E-state index in [-0.39, 0.29) is 18.4 Å². The van der Waals surface area contributed by atoms with Crippen LogP contribution in [0.3, 0.4) is 0 Å². The molecule has 2 N–H and O–H groups in total. The number of likely N-dealkylation sites (tertiary alicyclic amines) is 1. The van der Waals surface area contributed by atoms with Crippen LogP contribution in [0.1, 0.15) is 24.7 Å². The average molecular weight is 400 g/mol. The lowest BCUT2D eigenvalue weighted by molar-refractivity contribution is -0.143. The van der Waals surface area contributed by atoms with E-state index in [1.165, 1.54) is 17.0 Å². The summed E-state index contributed by atoms with van der Waals surface area (Å²) in [6.07, 6.45) is -3.57. The third-order valence-electron chi connectivity index (χ3n) is 4.74. The van der Waals surface area contributed by atoms with Gasteiger partial charge in [0.05, 0.1) is 6.54 Å². The fourth-order valence-electron chi connectivity index (χ4n) is 3.41. The molecule has 1 atom stereocenters. The Morgan fingerprint density at radius 1 is 1.36 bits per heavy atom. The molecule has 3 rings (SSSR count). The van der Waals surface area contributed by atoms with Gasteiger partial charge in [-0.3, -0.25) is 4.90 Å². The lowest BCUT2D eigenvalue weighted by atomic mass is 10.1. The van der Waals surface area contributed by atoms with E-state index in [0.29, 0.717) is 48.7 Å². The monoisotopic (exact) mass is 400 g/mol. The Labute approximate surface area is 160 Å². The number of nitrogens with one attached hydrogen (secondary N) is 2. The number of fused-ring (bicyclic) bond motifs is 1. The summed E-state index contributed by atoms with van der Waals surface area (Å²) in [6.45, 7) is 4.44. The fourth-order valence-corrected chi connectivity index (χ4v) is 3.41. The second-order valence-electron chi connectivity index (χ2n) is 6.97. The van der Waals surface area contributed by atoms with Crippen LogP contribution in [-0.2, 0) is 6.54 Å². The number of benzene rings is 1. The Bertz CT molecular complexity index is 846. The van der Waals surface area contributed by atoms with E-state index in [0.717, 1.165) is 5.56 Å². The van der Waals surface area contributed by atoms with Crippen molar-refractivity contribution in [3.05, 3.63) is 35.3 Å².